The number of carbonyl (C=O) groups is 1. The van der Waals surface area contributed by atoms with Gasteiger partial charge in [-0.3, -0.25) is 9.36 Å². The fourth-order valence-electron chi connectivity index (χ4n) is 1.82. The van der Waals surface area contributed by atoms with Gasteiger partial charge in [-0.1, -0.05) is 12.1 Å². The summed E-state index contributed by atoms with van der Waals surface area (Å²) in [5.41, 5.74) is 0.829. The van der Waals surface area contributed by atoms with E-state index < -0.39 is 0 Å². The zero-order valence-corrected chi connectivity index (χ0v) is 12.3. The second kappa shape index (κ2) is 7.82. The molecular formula is C15H18N4O3. The molecule has 2 amide bonds. The lowest BCUT2D eigenvalue weighted by Gasteiger charge is -2.09. The standard InChI is InChI=1S/C15H18N4O3/c1-22-13-4-2-12(3-5-13)10-18-15(21)17-8-9-19-11-16-7-6-14(19)20/h2-7,11H,8-10H2,1H3,(H2,17,18,21). The number of benzene rings is 1. The first kappa shape index (κ1) is 15.6. The minimum absolute atomic E-state index is 0.143. The van der Waals surface area contributed by atoms with Crippen molar-refractivity contribution in [2.24, 2.45) is 0 Å². The quantitative estimate of drug-likeness (QED) is 0.824. The first-order chi connectivity index (χ1) is 10.7. The van der Waals surface area contributed by atoms with Crippen LogP contribution in [0.2, 0.25) is 0 Å². The molecule has 2 N–H and O–H groups in total. The van der Waals surface area contributed by atoms with E-state index in [1.165, 1.54) is 23.2 Å². The largest absolute Gasteiger partial charge is 0.497 e. The summed E-state index contributed by atoms with van der Waals surface area (Å²) in [4.78, 5) is 27.0. The van der Waals surface area contributed by atoms with Crippen molar-refractivity contribution in [1.82, 2.24) is 20.2 Å². The number of hydrogen-bond donors (Lipinski definition) is 2. The monoisotopic (exact) mass is 302 g/mol. The highest BCUT2D eigenvalue weighted by Gasteiger charge is 2.01. The molecule has 1 aromatic carbocycles. The third kappa shape index (κ3) is 4.62. The van der Waals surface area contributed by atoms with Crippen molar-refractivity contribution in [2.75, 3.05) is 13.7 Å². The average molecular weight is 302 g/mol. The van der Waals surface area contributed by atoms with Gasteiger partial charge in [0.05, 0.1) is 13.4 Å². The molecule has 0 aliphatic carbocycles. The maximum absolute atomic E-state index is 11.7. The molecular weight excluding hydrogens is 284 g/mol. The van der Waals surface area contributed by atoms with Gasteiger partial charge in [0.25, 0.3) is 5.56 Å². The Balaban J connectivity index is 1.71. The lowest BCUT2D eigenvalue weighted by atomic mass is 10.2. The van der Waals surface area contributed by atoms with E-state index in [2.05, 4.69) is 15.6 Å². The molecule has 0 unspecified atom stereocenters. The van der Waals surface area contributed by atoms with Gasteiger partial charge in [0.15, 0.2) is 0 Å². The Bertz CT molecular complexity index is 667. The van der Waals surface area contributed by atoms with E-state index in [-0.39, 0.29) is 11.6 Å². The second-order valence-electron chi connectivity index (χ2n) is 4.57. The van der Waals surface area contributed by atoms with Crippen molar-refractivity contribution in [1.29, 1.82) is 0 Å². The van der Waals surface area contributed by atoms with Gasteiger partial charge in [-0.2, -0.15) is 0 Å². The van der Waals surface area contributed by atoms with E-state index in [1.807, 2.05) is 24.3 Å². The number of urea groups is 1. The Morgan fingerprint density at radius 3 is 2.68 bits per heavy atom. The Hall–Kier alpha value is -2.83. The predicted octanol–water partition coefficient (Wildman–Crippen LogP) is 0.751. The molecule has 22 heavy (non-hydrogen) atoms. The van der Waals surface area contributed by atoms with Crippen LogP contribution in [0, 0.1) is 0 Å². The van der Waals surface area contributed by atoms with Crippen LogP contribution in [-0.2, 0) is 13.1 Å². The molecule has 0 saturated heterocycles. The second-order valence-corrected chi connectivity index (χ2v) is 4.57. The van der Waals surface area contributed by atoms with E-state index in [1.54, 1.807) is 7.11 Å². The number of aromatic nitrogens is 2. The number of nitrogens with zero attached hydrogens (tertiary/aromatic N) is 2. The van der Waals surface area contributed by atoms with Crippen LogP contribution in [0.15, 0.2) is 47.7 Å². The van der Waals surface area contributed by atoms with Crippen LogP contribution in [0.4, 0.5) is 4.79 Å². The molecule has 0 aliphatic rings. The molecule has 0 radical (unpaired) electrons. The summed E-state index contributed by atoms with van der Waals surface area (Å²) < 4.78 is 6.50. The van der Waals surface area contributed by atoms with Gasteiger partial charge in [0, 0.05) is 31.9 Å². The van der Waals surface area contributed by atoms with E-state index in [0.717, 1.165) is 11.3 Å². The maximum atomic E-state index is 11.7. The molecule has 0 aliphatic heterocycles. The van der Waals surface area contributed by atoms with Crippen LogP contribution >= 0.6 is 0 Å². The molecule has 7 heteroatoms. The molecule has 2 rings (SSSR count). The van der Waals surface area contributed by atoms with Crippen LogP contribution < -0.4 is 20.9 Å². The minimum Gasteiger partial charge on any atom is -0.497 e. The fraction of sp³-hybridized carbons (Fsp3) is 0.267. The Morgan fingerprint density at radius 2 is 2.00 bits per heavy atom. The van der Waals surface area contributed by atoms with E-state index in [4.69, 9.17) is 4.74 Å². The maximum Gasteiger partial charge on any atom is 0.315 e. The van der Waals surface area contributed by atoms with Crippen molar-refractivity contribution < 1.29 is 9.53 Å². The van der Waals surface area contributed by atoms with Gasteiger partial charge in [-0.15, -0.1) is 0 Å². The molecule has 0 atom stereocenters. The van der Waals surface area contributed by atoms with Crippen LogP contribution in [0.5, 0.6) is 5.75 Å². The molecule has 0 saturated carbocycles. The third-order valence-electron chi connectivity index (χ3n) is 3.04. The van der Waals surface area contributed by atoms with Gasteiger partial charge in [0.1, 0.15) is 5.75 Å². The molecule has 0 spiro atoms. The number of carbonyl (C=O) groups excluding carboxylic acids is 1. The minimum atomic E-state index is -0.284. The van der Waals surface area contributed by atoms with Gasteiger partial charge in [-0.25, -0.2) is 9.78 Å². The van der Waals surface area contributed by atoms with E-state index >= 15 is 0 Å². The Kier molecular flexibility index (Phi) is 5.53. The summed E-state index contributed by atoms with van der Waals surface area (Å²) in [7, 11) is 1.61. The zero-order valence-electron chi connectivity index (χ0n) is 12.3. The zero-order chi connectivity index (χ0) is 15.8. The number of amides is 2. The molecule has 0 fully saturated rings. The SMILES string of the molecule is COc1ccc(CNC(=O)NCCn2cnccc2=O)cc1. The summed E-state index contributed by atoms with van der Waals surface area (Å²) >= 11 is 0. The fourth-order valence-corrected chi connectivity index (χ4v) is 1.82. The number of nitrogens with one attached hydrogen (secondary N) is 2. The molecule has 1 aromatic heterocycles. The molecule has 116 valence electrons. The van der Waals surface area contributed by atoms with Crippen LogP contribution in [0.3, 0.4) is 0 Å². The van der Waals surface area contributed by atoms with Crippen LogP contribution in [-0.4, -0.2) is 29.2 Å². The number of ether oxygens (including phenoxy) is 1. The van der Waals surface area contributed by atoms with Gasteiger partial charge < -0.3 is 15.4 Å². The summed E-state index contributed by atoms with van der Waals surface area (Å²) in [6.45, 7) is 1.14. The third-order valence-corrected chi connectivity index (χ3v) is 3.04. The lowest BCUT2D eigenvalue weighted by Crippen LogP contribution is -2.37. The van der Waals surface area contributed by atoms with Crippen molar-refractivity contribution >= 4 is 6.03 Å². The lowest BCUT2D eigenvalue weighted by molar-refractivity contribution is 0.240. The van der Waals surface area contributed by atoms with Crippen LogP contribution in [0.25, 0.3) is 0 Å². The highest BCUT2D eigenvalue weighted by Crippen LogP contribution is 2.10. The Morgan fingerprint density at radius 1 is 1.23 bits per heavy atom. The van der Waals surface area contributed by atoms with Crippen molar-refractivity contribution in [3.05, 3.63) is 58.8 Å². The molecule has 0 bridgehead atoms. The van der Waals surface area contributed by atoms with Crippen molar-refractivity contribution in [3.8, 4) is 5.75 Å². The first-order valence-electron chi connectivity index (χ1n) is 6.84. The molecule has 7 nitrogen and oxygen atoms in total. The first-order valence-corrected chi connectivity index (χ1v) is 6.84. The summed E-state index contributed by atoms with van der Waals surface area (Å²) in [5.74, 6) is 0.773. The van der Waals surface area contributed by atoms with Gasteiger partial charge in [-0.05, 0) is 17.7 Å². The highest BCUT2D eigenvalue weighted by atomic mass is 16.5. The number of hydrogen-bond acceptors (Lipinski definition) is 4. The molecule has 1 heterocycles. The average Bonchev–Trinajstić information content (AvgIpc) is 2.55. The summed E-state index contributed by atoms with van der Waals surface area (Å²) in [5, 5.41) is 5.43. The van der Waals surface area contributed by atoms with Crippen molar-refractivity contribution in [2.45, 2.75) is 13.1 Å². The normalized spacial score (nSPS) is 10.0. The smallest absolute Gasteiger partial charge is 0.315 e. The van der Waals surface area contributed by atoms with E-state index in [0.29, 0.717) is 19.6 Å². The Labute approximate surface area is 127 Å². The van der Waals surface area contributed by atoms with Crippen molar-refractivity contribution in [3.63, 3.8) is 0 Å². The topological polar surface area (TPSA) is 85.2 Å². The number of methoxy groups -OCH3 is 1. The van der Waals surface area contributed by atoms with Gasteiger partial charge in [0.2, 0.25) is 0 Å². The highest BCUT2D eigenvalue weighted by molar-refractivity contribution is 5.73. The predicted molar refractivity (Wildman–Crippen MR) is 81.7 cm³/mol. The molecule has 2 aromatic rings. The van der Waals surface area contributed by atoms with E-state index in [9.17, 15) is 9.59 Å². The summed E-state index contributed by atoms with van der Waals surface area (Å²) in [6, 6.07) is 8.53. The van der Waals surface area contributed by atoms with Crippen LogP contribution in [0.1, 0.15) is 5.56 Å². The number of rotatable bonds is 6. The van der Waals surface area contributed by atoms with Gasteiger partial charge >= 0.3 is 6.03 Å². The summed E-state index contributed by atoms with van der Waals surface area (Å²) in [6.07, 6.45) is 2.88.